The van der Waals surface area contributed by atoms with Crippen molar-refractivity contribution in [1.29, 1.82) is 0 Å². The van der Waals surface area contributed by atoms with Gasteiger partial charge < -0.3 is 20.9 Å². The first-order chi connectivity index (χ1) is 9.21. The highest BCUT2D eigenvalue weighted by Gasteiger charge is 2.71. The Labute approximate surface area is 119 Å². The number of nitrogens with two attached hydrogens (primary N) is 1. The van der Waals surface area contributed by atoms with E-state index in [9.17, 15) is 9.59 Å². The molecule has 1 saturated heterocycles. The first-order valence-electron chi connectivity index (χ1n) is 7.14. The second-order valence-corrected chi connectivity index (χ2v) is 6.58. The molecule has 0 bridgehead atoms. The molecule has 0 aromatic rings. The Morgan fingerprint density at radius 2 is 2.15 bits per heavy atom. The number of aliphatic carboxylic acids is 1. The largest absolute Gasteiger partial charge is 0.481 e. The number of rotatable bonds is 5. The summed E-state index contributed by atoms with van der Waals surface area (Å²) in [6, 6.07) is -0.198. The predicted molar refractivity (Wildman–Crippen MR) is 73.0 cm³/mol. The Kier molecular flexibility index (Phi) is 3.81. The van der Waals surface area contributed by atoms with Gasteiger partial charge in [0.25, 0.3) is 0 Å². The lowest BCUT2D eigenvalue weighted by Gasteiger charge is -2.60. The molecule has 4 N–H and O–H groups in total. The van der Waals surface area contributed by atoms with Crippen LogP contribution in [0.25, 0.3) is 0 Å². The van der Waals surface area contributed by atoms with E-state index in [1.165, 1.54) is 0 Å². The van der Waals surface area contributed by atoms with Gasteiger partial charge in [-0.05, 0) is 19.8 Å². The van der Waals surface area contributed by atoms with Crippen molar-refractivity contribution in [2.45, 2.75) is 57.7 Å². The number of amides is 1. The van der Waals surface area contributed by atoms with Gasteiger partial charge in [-0.3, -0.25) is 9.59 Å². The van der Waals surface area contributed by atoms with Crippen molar-refractivity contribution < 1.29 is 19.4 Å². The zero-order valence-corrected chi connectivity index (χ0v) is 12.3. The van der Waals surface area contributed by atoms with Gasteiger partial charge in [-0.2, -0.15) is 0 Å². The molecule has 4 atom stereocenters. The van der Waals surface area contributed by atoms with Gasteiger partial charge in [0.2, 0.25) is 5.91 Å². The minimum Gasteiger partial charge on any atom is -0.481 e. The number of hydrogen-bond donors (Lipinski definition) is 3. The van der Waals surface area contributed by atoms with E-state index in [2.05, 4.69) is 5.32 Å². The van der Waals surface area contributed by atoms with Gasteiger partial charge in [-0.25, -0.2) is 0 Å². The fourth-order valence-electron chi connectivity index (χ4n) is 3.60. The van der Waals surface area contributed by atoms with Crippen molar-refractivity contribution in [2.75, 3.05) is 6.61 Å². The van der Waals surface area contributed by atoms with Crippen molar-refractivity contribution >= 4 is 11.9 Å². The summed E-state index contributed by atoms with van der Waals surface area (Å²) in [6.45, 7) is 6.38. The molecular formula is C14H24N2O4. The molecule has 6 nitrogen and oxygen atoms in total. The number of carbonyl (C=O) groups excluding carboxylic acids is 1. The highest BCUT2D eigenvalue weighted by molar-refractivity contribution is 5.89. The van der Waals surface area contributed by atoms with Gasteiger partial charge in [-0.1, -0.05) is 13.8 Å². The monoisotopic (exact) mass is 284 g/mol. The molecule has 0 spiro atoms. The molecular weight excluding hydrogens is 260 g/mol. The van der Waals surface area contributed by atoms with Gasteiger partial charge in [0.05, 0.1) is 6.10 Å². The van der Waals surface area contributed by atoms with E-state index in [1.807, 2.05) is 13.8 Å². The Bertz CT molecular complexity index is 423. The molecule has 1 heterocycles. The Morgan fingerprint density at radius 1 is 1.50 bits per heavy atom. The van der Waals surface area contributed by atoms with Gasteiger partial charge in [0, 0.05) is 30.4 Å². The van der Waals surface area contributed by atoms with Crippen molar-refractivity contribution in [3.8, 4) is 0 Å². The molecule has 2 fully saturated rings. The van der Waals surface area contributed by atoms with Crippen LogP contribution >= 0.6 is 0 Å². The average Bonchev–Trinajstić information content (AvgIpc) is 2.83. The maximum Gasteiger partial charge on any atom is 0.303 e. The number of carboxylic acids is 1. The zero-order valence-electron chi connectivity index (χ0n) is 12.3. The molecule has 6 heteroatoms. The number of fused-ring (bicyclic) bond motifs is 1. The summed E-state index contributed by atoms with van der Waals surface area (Å²) in [7, 11) is 0. The summed E-state index contributed by atoms with van der Waals surface area (Å²) in [5, 5.41) is 11.5. The van der Waals surface area contributed by atoms with Crippen molar-refractivity contribution in [1.82, 2.24) is 5.32 Å². The Balaban J connectivity index is 1.99. The van der Waals surface area contributed by atoms with Crippen LogP contribution in [0.5, 0.6) is 0 Å². The standard InChI is InChI=1S/C14H24N2O4/c1-8(4-5-10(17)18)16-12(19)14(15)9-6-7-20-11(9)13(14,2)3/h8-9,11H,4-7,15H2,1-3H3,(H,16,19)(H,17,18). The van der Waals surface area contributed by atoms with E-state index in [-0.39, 0.29) is 30.4 Å². The lowest BCUT2D eigenvalue weighted by molar-refractivity contribution is -0.176. The average molecular weight is 284 g/mol. The number of nitrogens with one attached hydrogen (secondary N) is 1. The molecule has 1 aliphatic heterocycles. The molecule has 2 aliphatic rings. The summed E-state index contributed by atoms with van der Waals surface area (Å²) < 4.78 is 5.66. The number of carboxylic acid groups (broad SMARTS) is 1. The Morgan fingerprint density at radius 3 is 2.75 bits per heavy atom. The molecule has 0 radical (unpaired) electrons. The fraction of sp³-hybridized carbons (Fsp3) is 0.857. The van der Waals surface area contributed by atoms with Gasteiger partial charge in [0.1, 0.15) is 5.54 Å². The van der Waals surface area contributed by atoms with Gasteiger partial charge >= 0.3 is 5.97 Å². The highest BCUT2D eigenvalue weighted by Crippen LogP contribution is 2.58. The predicted octanol–water partition coefficient (Wildman–Crippen LogP) is 0.498. The molecule has 0 aromatic carbocycles. The minimum absolute atomic E-state index is 0.0393. The third kappa shape index (κ3) is 2.11. The van der Waals surface area contributed by atoms with Gasteiger partial charge in [0.15, 0.2) is 0 Å². The van der Waals surface area contributed by atoms with Crippen LogP contribution in [0.1, 0.15) is 40.0 Å². The van der Waals surface area contributed by atoms with E-state index in [0.29, 0.717) is 13.0 Å². The quantitative estimate of drug-likeness (QED) is 0.682. The van der Waals surface area contributed by atoms with E-state index >= 15 is 0 Å². The van der Waals surface area contributed by atoms with Crippen LogP contribution in [-0.2, 0) is 14.3 Å². The molecule has 1 aliphatic carbocycles. The minimum atomic E-state index is -0.925. The maximum atomic E-state index is 12.5. The first-order valence-corrected chi connectivity index (χ1v) is 7.14. The lowest BCUT2D eigenvalue weighted by Crippen LogP contribution is -2.80. The molecule has 4 unspecified atom stereocenters. The Hall–Kier alpha value is -1.14. The van der Waals surface area contributed by atoms with Crippen molar-refractivity contribution in [2.24, 2.45) is 17.1 Å². The molecule has 0 aromatic heterocycles. The van der Waals surface area contributed by atoms with E-state index in [1.54, 1.807) is 6.92 Å². The van der Waals surface area contributed by atoms with Crippen LogP contribution in [0, 0.1) is 11.3 Å². The van der Waals surface area contributed by atoms with Crippen LogP contribution in [0.15, 0.2) is 0 Å². The van der Waals surface area contributed by atoms with Crippen LogP contribution in [0.4, 0.5) is 0 Å². The SMILES string of the molecule is CC(CCC(=O)O)NC(=O)C1(N)C2CCOC2C1(C)C. The second kappa shape index (κ2) is 5.00. The summed E-state index contributed by atoms with van der Waals surface area (Å²) in [5.74, 6) is -0.988. The summed E-state index contributed by atoms with van der Waals surface area (Å²) >= 11 is 0. The zero-order chi connectivity index (χ0) is 15.1. The van der Waals surface area contributed by atoms with Crippen LogP contribution in [-0.4, -0.2) is 41.3 Å². The maximum absolute atomic E-state index is 12.5. The summed E-state index contributed by atoms with van der Waals surface area (Å²) in [5.41, 5.74) is 5.08. The second-order valence-electron chi connectivity index (χ2n) is 6.58. The smallest absolute Gasteiger partial charge is 0.303 e. The van der Waals surface area contributed by atoms with Crippen LogP contribution in [0.3, 0.4) is 0 Å². The number of hydrogen-bond acceptors (Lipinski definition) is 4. The van der Waals surface area contributed by atoms with E-state index in [0.717, 1.165) is 6.42 Å². The van der Waals surface area contributed by atoms with Crippen molar-refractivity contribution in [3.05, 3.63) is 0 Å². The molecule has 1 amide bonds. The summed E-state index contributed by atoms with van der Waals surface area (Å²) in [4.78, 5) is 23.1. The normalized spacial score (nSPS) is 35.8. The van der Waals surface area contributed by atoms with Crippen molar-refractivity contribution in [3.63, 3.8) is 0 Å². The molecule has 114 valence electrons. The first kappa shape index (κ1) is 15.3. The van der Waals surface area contributed by atoms with E-state index < -0.39 is 16.9 Å². The van der Waals surface area contributed by atoms with Crippen LogP contribution in [0.2, 0.25) is 0 Å². The number of carbonyl (C=O) groups is 2. The van der Waals surface area contributed by atoms with E-state index in [4.69, 9.17) is 15.6 Å². The highest BCUT2D eigenvalue weighted by atomic mass is 16.5. The number of ether oxygens (including phenoxy) is 1. The van der Waals surface area contributed by atoms with Gasteiger partial charge in [-0.15, -0.1) is 0 Å². The third-order valence-electron chi connectivity index (χ3n) is 5.00. The summed E-state index contributed by atoms with van der Waals surface area (Å²) in [6.07, 6.45) is 1.30. The molecule has 2 rings (SSSR count). The topological polar surface area (TPSA) is 102 Å². The van der Waals surface area contributed by atoms with Crippen LogP contribution < -0.4 is 11.1 Å². The lowest BCUT2D eigenvalue weighted by atomic mass is 9.48. The molecule has 20 heavy (non-hydrogen) atoms. The fourth-order valence-corrected chi connectivity index (χ4v) is 3.60. The molecule has 1 saturated carbocycles. The third-order valence-corrected chi connectivity index (χ3v) is 5.00.